The van der Waals surface area contributed by atoms with Gasteiger partial charge in [0.2, 0.25) is 0 Å². The molecular formula is C22H18O2S2. The molecule has 0 amide bonds. The Hall–Kier alpha value is -2.24. The minimum atomic E-state index is -1.62. The smallest absolute Gasteiger partial charge is 0.161 e. The van der Waals surface area contributed by atoms with E-state index in [1.807, 2.05) is 95.7 Å². The number of rotatable bonds is 5. The van der Waals surface area contributed by atoms with E-state index in [0.29, 0.717) is 20.9 Å². The first-order valence-electron chi connectivity index (χ1n) is 8.31. The molecule has 2 aromatic carbocycles. The molecule has 0 aliphatic heterocycles. The van der Waals surface area contributed by atoms with E-state index < -0.39 is 11.2 Å². The molecule has 2 aromatic heterocycles. The van der Waals surface area contributed by atoms with Crippen LogP contribution in [0.3, 0.4) is 0 Å². The van der Waals surface area contributed by atoms with Crippen molar-refractivity contribution in [3.63, 3.8) is 0 Å². The van der Waals surface area contributed by atoms with Gasteiger partial charge in [-0.1, -0.05) is 72.8 Å². The summed E-state index contributed by atoms with van der Waals surface area (Å²) in [5.74, 6) is 0. The van der Waals surface area contributed by atoms with E-state index in [9.17, 15) is 10.2 Å². The number of thiophene rings is 2. The summed E-state index contributed by atoms with van der Waals surface area (Å²) in [7, 11) is 0. The highest BCUT2D eigenvalue weighted by Crippen LogP contribution is 2.51. The molecule has 0 fully saturated rings. The Morgan fingerprint density at radius 2 is 0.885 bits per heavy atom. The molecule has 0 radical (unpaired) electrons. The lowest BCUT2D eigenvalue weighted by Gasteiger charge is -2.43. The SMILES string of the molecule is OC(c1ccccc1)(c1cccs1)C(O)(c1ccccc1)c1cccs1. The Kier molecular flexibility index (Phi) is 4.51. The average molecular weight is 379 g/mol. The first-order chi connectivity index (χ1) is 12.7. The van der Waals surface area contributed by atoms with Gasteiger partial charge in [0.15, 0.2) is 11.2 Å². The van der Waals surface area contributed by atoms with Gasteiger partial charge in [0.1, 0.15) is 0 Å². The fourth-order valence-corrected chi connectivity index (χ4v) is 5.18. The lowest BCUT2D eigenvalue weighted by Crippen LogP contribution is -2.50. The van der Waals surface area contributed by atoms with Crippen LogP contribution in [-0.2, 0) is 11.2 Å². The number of hydrogen-bond donors (Lipinski definition) is 2. The van der Waals surface area contributed by atoms with E-state index in [2.05, 4.69) is 0 Å². The van der Waals surface area contributed by atoms with E-state index in [4.69, 9.17) is 0 Å². The van der Waals surface area contributed by atoms with Crippen molar-refractivity contribution in [2.24, 2.45) is 0 Å². The second kappa shape index (κ2) is 6.82. The highest BCUT2D eigenvalue weighted by molar-refractivity contribution is 7.10. The van der Waals surface area contributed by atoms with Gasteiger partial charge >= 0.3 is 0 Å². The molecule has 0 aliphatic rings. The molecule has 0 spiro atoms. The predicted octanol–water partition coefficient (Wildman–Crippen LogP) is 4.98. The van der Waals surface area contributed by atoms with Crippen LogP contribution in [0.5, 0.6) is 0 Å². The molecular weight excluding hydrogens is 360 g/mol. The molecule has 4 heteroatoms. The maximum atomic E-state index is 12.2. The fraction of sp³-hybridized carbons (Fsp3) is 0.0909. The summed E-state index contributed by atoms with van der Waals surface area (Å²) < 4.78 is 0. The Balaban J connectivity index is 2.07. The van der Waals surface area contributed by atoms with Crippen LogP contribution in [0.15, 0.2) is 95.7 Å². The number of hydrogen-bond acceptors (Lipinski definition) is 4. The molecule has 2 N–H and O–H groups in total. The monoisotopic (exact) mass is 378 g/mol. The quantitative estimate of drug-likeness (QED) is 0.514. The van der Waals surface area contributed by atoms with Crippen LogP contribution in [0.2, 0.25) is 0 Å². The molecule has 0 saturated heterocycles. The summed E-state index contributed by atoms with van der Waals surface area (Å²) in [4.78, 5) is 1.40. The molecule has 2 atom stereocenters. The Labute approximate surface area is 160 Å². The molecule has 0 bridgehead atoms. The molecule has 2 heterocycles. The predicted molar refractivity (Wildman–Crippen MR) is 108 cm³/mol. The maximum Gasteiger partial charge on any atom is 0.161 e. The summed E-state index contributed by atoms with van der Waals surface area (Å²) >= 11 is 2.88. The first kappa shape index (κ1) is 17.2. The van der Waals surface area contributed by atoms with Crippen LogP contribution in [-0.4, -0.2) is 10.2 Å². The molecule has 4 rings (SSSR count). The normalized spacial score (nSPS) is 15.9. The van der Waals surface area contributed by atoms with Crippen LogP contribution in [0.25, 0.3) is 0 Å². The third-order valence-electron chi connectivity index (χ3n) is 4.66. The van der Waals surface area contributed by atoms with Gasteiger partial charge in [0, 0.05) is 9.75 Å². The van der Waals surface area contributed by atoms with Crippen molar-refractivity contribution in [1.29, 1.82) is 0 Å². The topological polar surface area (TPSA) is 40.5 Å². The number of benzene rings is 2. The van der Waals surface area contributed by atoms with Crippen LogP contribution in [0.4, 0.5) is 0 Å². The van der Waals surface area contributed by atoms with Gasteiger partial charge in [-0.3, -0.25) is 0 Å². The minimum Gasteiger partial charge on any atom is -0.376 e. The zero-order valence-corrected chi connectivity index (χ0v) is 15.6. The molecule has 0 aliphatic carbocycles. The van der Waals surface area contributed by atoms with E-state index in [0.717, 1.165) is 0 Å². The van der Waals surface area contributed by atoms with Crippen LogP contribution >= 0.6 is 22.7 Å². The Morgan fingerprint density at radius 1 is 0.500 bits per heavy atom. The summed E-state index contributed by atoms with van der Waals surface area (Å²) in [6, 6.07) is 26.3. The van der Waals surface area contributed by atoms with Crippen molar-refractivity contribution in [2.45, 2.75) is 11.2 Å². The van der Waals surface area contributed by atoms with E-state index in [1.54, 1.807) is 0 Å². The second-order valence-electron chi connectivity index (χ2n) is 6.11. The third-order valence-corrected chi connectivity index (χ3v) is 6.62. The standard InChI is InChI=1S/C22H18O2S2/c23-21(19-13-7-15-25-19,17-9-3-1-4-10-17)22(24,20-14-8-16-26-20)18-11-5-2-6-12-18/h1-16,23-24H. The lowest BCUT2D eigenvalue weighted by molar-refractivity contribution is -0.108. The van der Waals surface area contributed by atoms with Gasteiger partial charge in [-0.05, 0) is 34.0 Å². The Bertz CT molecular complexity index is 868. The summed E-state index contributed by atoms with van der Waals surface area (Å²) in [6.45, 7) is 0. The largest absolute Gasteiger partial charge is 0.376 e. The van der Waals surface area contributed by atoms with Gasteiger partial charge in [-0.15, -0.1) is 22.7 Å². The molecule has 0 saturated carbocycles. The minimum absolute atomic E-state index is 0.655. The summed E-state index contributed by atoms with van der Waals surface area (Å²) in [6.07, 6.45) is 0. The van der Waals surface area contributed by atoms with E-state index >= 15 is 0 Å². The van der Waals surface area contributed by atoms with E-state index in [-0.39, 0.29) is 0 Å². The van der Waals surface area contributed by atoms with Crippen molar-refractivity contribution in [2.75, 3.05) is 0 Å². The second-order valence-corrected chi connectivity index (χ2v) is 8.00. The molecule has 130 valence electrons. The average Bonchev–Trinajstić information content (AvgIpc) is 3.42. The van der Waals surface area contributed by atoms with Gasteiger partial charge in [0.05, 0.1) is 0 Å². The van der Waals surface area contributed by atoms with Crippen LogP contribution in [0, 0.1) is 0 Å². The lowest BCUT2D eigenvalue weighted by atomic mass is 9.71. The van der Waals surface area contributed by atoms with Crippen LogP contribution in [0.1, 0.15) is 20.9 Å². The zero-order chi connectivity index (χ0) is 18.0. The van der Waals surface area contributed by atoms with Gasteiger partial charge in [-0.25, -0.2) is 0 Å². The van der Waals surface area contributed by atoms with Crippen molar-refractivity contribution >= 4 is 22.7 Å². The molecule has 26 heavy (non-hydrogen) atoms. The van der Waals surface area contributed by atoms with Crippen LogP contribution < -0.4 is 0 Å². The number of aliphatic hydroxyl groups is 2. The highest BCUT2D eigenvalue weighted by Gasteiger charge is 2.55. The zero-order valence-electron chi connectivity index (χ0n) is 13.9. The molecule has 2 unspecified atom stereocenters. The first-order valence-corrected chi connectivity index (χ1v) is 10.1. The van der Waals surface area contributed by atoms with Gasteiger partial charge < -0.3 is 10.2 Å². The maximum absolute atomic E-state index is 12.2. The van der Waals surface area contributed by atoms with Crippen molar-refractivity contribution in [1.82, 2.24) is 0 Å². The molecule has 2 nitrogen and oxygen atoms in total. The van der Waals surface area contributed by atoms with Crippen molar-refractivity contribution < 1.29 is 10.2 Å². The van der Waals surface area contributed by atoms with Crippen molar-refractivity contribution in [3.05, 3.63) is 117 Å². The highest BCUT2D eigenvalue weighted by atomic mass is 32.1. The third kappa shape index (κ3) is 2.54. The molecule has 4 aromatic rings. The fourth-order valence-electron chi connectivity index (χ4n) is 3.39. The van der Waals surface area contributed by atoms with Gasteiger partial charge in [-0.2, -0.15) is 0 Å². The summed E-state index contributed by atoms with van der Waals surface area (Å²) in [5.41, 5.74) is -1.92. The van der Waals surface area contributed by atoms with Crippen molar-refractivity contribution in [3.8, 4) is 0 Å². The Morgan fingerprint density at radius 3 is 1.19 bits per heavy atom. The van der Waals surface area contributed by atoms with E-state index in [1.165, 1.54) is 22.7 Å². The van der Waals surface area contributed by atoms with Gasteiger partial charge in [0.25, 0.3) is 0 Å². The summed E-state index contributed by atoms with van der Waals surface area (Å²) in [5, 5.41) is 28.1.